The molecule has 0 fully saturated rings. The van der Waals surface area contributed by atoms with Gasteiger partial charge in [0, 0.05) is 17.8 Å². The van der Waals surface area contributed by atoms with Gasteiger partial charge in [-0.15, -0.1) is 0 Å². The summed E-state index contributed by atoms with van der Waals surface area (Å²) in [7, 11) is 1.95. The minimum Gasteiger partial charge on any atom is -0.464 e. The van der Waals surface area contributed by atoms with Crippen molar-refractivity contribution in [2.75, 3.05) is 7.05 Å². The summed E-state index contributed by atoms with van der Waals surface area (Å²) < 4.78 is 7.85. The van der Waals surface area contributed by atoms with Crippen LogP contribution in [-0.2, 0) is 19.5 Å². The van der Waals surface area contributed by atoms with Crippen molar-refractivity contribution in [2.45, 2.75) is 47.2 Å². The van der Waals surface area contributed by atoms with Crippen molar-refractivity contribution in [2.24, 2.45) is 0 Å². The number of rotatable bonds is 5. The third kappa shape index (κ3) is 2.73. The maximum Gasteiger partial charge on any atom is 0.125 e. The van der Waals surface area contributed by atoms with Gasteiger partial charge in [-0.25, -0.2) is 0 Å². The van der Waals surface area contributed by atoms with Crippen LogP contribution < -0.4 is 5.32 Å². The van der Waals surface area contributed by atoms with Crippen molar-refractivity contribution in [1.82, 2.24) is 15.1 Å². The van der Waals surface area contributed by atoms with Crippen molar-refractivity contribution in [1.29, 1.82) is 0 Å². The maximum atomic E-state index is 5.81. The third-order valence-corrected chi connectivity index (χ3v) is 3.63. The molecule has 2 heterocycles. The van der Waals surface area contributed by atoms with E-state index in [4.69, 9.17) is 4.42 Å². The molecular formula is C15H23N3O. The van der Waals surface area contributed by atoms with E-state index in [2.05, 4.69) is 37.3 Å². The molecule has 4 nitrogen and oxygen atoms in total. The highest BCUT2D eigenvalue weighted by Crippen LogP contribution is 2.18. The third-order valence-electron chi connectivity index (χ3n) is 3.63. The van der Waals surface area contributed by atoms with Crippen molar-refractivity contribution >= 4 is 0 Å². The fraction of sp³-hybridized carbons (Fsp3) is 0.533. The zero-order valence-corrected chi connectivity index (χ0v) is 12.5. The van der Waals surface area contributed by atoms with E-state index >= 15 is 0 Å². The van der Waals surface area contributed by atoms with E-state index in [0.717, 1.165) is 30.2 Å². The maximum absolute atomic E-state index is 5.81. The van der Waals surface area contributed by atoms with Crippen molar-refractivity contribution in [3.63, 3.8) is 0 Å². The summed E-state index contributed by atoms with van der Waals surface area (Å²) in [4.78, 5) is 0. The molecule has 0 saturated heterocycles. The summed E-state index contributed by atoms with van der Waals surface area (Å²) in [5.41, 5.74) is 4.93. The second-order valence-electron chi connectivity index (χ2n) is 4.99. The van der Waals surface area contributed by atoms with Gasteiger partial charge in [-0.2, -0.15) is 5.10 Å². The monoisotopic (exact) mass is 261 g/mol. The zero-order valence-electron chi connectivity index (χ0n) is 12.5. The van der Waals surface area contributed by atoms with E-state index in [-0.39, 0.29) is 0 Å². The lowest BCUT2D eigenvalue weighted by Crippen LogP contribution is -2.05. The van der Waals surface area contributed by atoms with Crippen molar-refractivity contribution < 1.29 is 4.42 Å². The summed E-state index contributed by atoms with van der Waals surface area (Å²) in [5.74, 6) is 1.96. The van der Waals surface area contributed by atoms with Crippen LogP contribution in [0.4, 0.5) is 0 Å². The first-order valence-electron chi connectivity index (χ1n) is 6.82. The fourth-order valence-corrected chi connectivity index (χ4v) is 2.58. The Morgan fingerprint density at radius 1 is 1.32 bits per heavy atom. The second kappa shape index (κ2) is 5.61. The van der Waals surface area contributed by atoms with Gasteiger partial charge in [0.05, 0.1) is 12.2 Å². The largest absolute Gasteiger partial charge is 0.464 e. The minimum atomic E-state index is 0.706. The summed E-state index contributed by atoms with van der Waals surface area (Å²) >= 11 is 0. The first-order valence-corrected chi connectivity index (χ1v) is 6.82. The molecule has 0 bridgehead atoms. The molecule has 4 heteroatoms. The summed E-state index contributed by atoms with van der Waals surface area (Å²) in [6, 6.07) is 2.12. The number of nitrogens with zero attached hydrogens (tertiary/aromatic N) is 2. The van der Waals surface area contributed by atoms with Gasteiger partial charge in [-0.05, 0) is 45.9 Å². The molecule has 104 valence electrons. The highest BCUT2D eigenvalue weighted by atomic mass is 16.3. The van der Waals surface area contributed by atoms with Gasteiger partial charge in [-0.1, -0.05) is 6.92 Å². The molecule has 0 radical (unpaired) electrons. The van der Waals surface area contributed by atoms with E-state index in [0.29, 0.717) is 6.54 Å². The van der Waals surface area contributed by atoms with Gasteiger partial charge in [-0.3, -0.25) is 4.68 Å². The Labute approximate surface area is 114 Å². The Balaban J connectivity index is 2.24. The number of hydrogen-bond donors (Lipinski definition) is 1. The molecule has 2 rings (SSSR count). The molecule has 1 N–H and O–H groups in total. The SMILES string of the molecule is CCc1c(C)nn(Cc2cc(CNC)c(C)o2)c1C. The average molecular weight is 261 g/mol. The Bertz CT molecular complexity index is 566. The smallest absolute Gasteiger partial charge is 0.125 e. The van der Waals surface area contributed by atoms with Crippen LogP contribution in [0.25, 0.3) is 0 Å². The Morgan fingerprint density at radius 2 is 2.05 bits per heavy atom. The lowest BCUT2D eigenvalue weighted by atomic mass is 10.1. The molecular weight excluding hydrogens is 238 g/mol. The molecule has 2 aromatic heterocycles. The standard InChI is InChI=1S/C15H23N3O/c1-6-15-10(2)17-18(11(15)3)9-14-7-13(8-16-5)12(4)19-14/h7,16H,6,8-9H2,1-5H3. The molecule has 0 unspecified atom stereocenters. The van der Waals surface area contributed by atoms with Crippen LogP contribution in [0.2, 0.25) is 0 Å². The van der Waals surface area contributed by atoms with E-state index in [1.807, 2.05) is 18.7 Å². The second-order valence-corrected chi connectivity index (χ2v) is 4.99. The van der Waals surface area contributed by atoms with Crippen molar-refractivity contribution in [3.05, 3.63) is 40.1 Å². The van der Waals surface area contributed by atoms with E-state index in [1.54, 1.807) is 0 Å². The quantitative estimate of drug-likeness (QED) is 0.900. The van der Waals surface area contributed by atoms with E-state index < -0.39 is 0 Å². The fourth-order valence-electron chi connectivity index (χ4n) is 2.58. The van der Waals surface area contributed by atoms with Crippen LogP contribution in [0.3, 0.4) is 0 Å². The molecule has 0 aliphatic rings. The molecule has 0 aliphatic heterocycles. The number of furan rings is 1. The predicted octanol–water partition coefficient (Wildman–Crippen LogP) is 2.73. The van der Waals surface area contributed by atoms with Gasteiger partial charge in [0.15, 0.2) is 0 Å². The highest BCUT2D eigenvalue weighted by Gasteiger charge is 2.12. The van der Waals surface area contributed by atoms with Crippen LogP contribution in [0, 0.1) is 20.8 Å². The summed E-state index contributed by atoms with van der Waals surface area (Å²) in [6.07, 6.45) is 1.03. The van der Waals surface area contributed by atoms with Gasteiger partial charge in [0.1, 0.15) is 11.5 Å². The average Bonchev–Trinajstić information content (AvgIpc) is 2.82. The van der Waals surface area contributed by atoms with Crippen LogP contribution in [0.5, 0.6) is 0 Å². The lowest BCUT2D eigenvalue weighted by Gasteiger charge is -2.02. The van der Waals surface area contributed by atoms with Gasteiger partial charge in [0.25, 0.3) is 0 Å². The van der Waals surface area contributed by atoms with Gasteiger partial charge >= 0.3 is 0 Å². The van der Waals surface area contributed by atoms with Gasteiger partial charge < -0.3 is 9.73 Å². The lowest BCUT2D eigenvalue weighted by molar-refractivity contribution is 0.453. The predicted molar refractivity (Wildman–Crippen MR) is 76.4 cm³/mol. The van der Waals surface area contributed by atoms with Crippen LogP contribution >= 0.6 is 0 Å². The number of aromatic nitrogens is 2. The summed E-state index contributed by atoms with van der Waals surface area (Å²) in [5, 5.41) is 7.76. The Morgan fingerprint density at radius 3 is 2.63 bits per heavy atom. The molecule has 0 aromatic carbocycles. The topological polar surface area (TPSA) is 43.0 Å². The Kier molecular flexibility index (Phi) is 4.10. The summed E-state index contributed by atoms with van der Waals surface area (Å²) in [6.45, 7) is 9.92. The molecule has 0 atom stereocenters. The highest BCUT2D eigenvalue weighted by molar-refractivity contribution is 5.26. The molecule has 0 aliphatic carbocycles. The normalized spacial score (nSPS) is 11.2. The number of aryl methyl sites for hydroxylation is 2. The minimum absolute atomic E-state index is 0.706. The molecule has 0 saturated carbocycles. The zero-order chi connectivity index (χ0) is 14.0. The van der Waals surface area contributed by atoms with Crippen molar-refractivity contribution in [3.8, 4) is 0 Å². The van der Waals surface area contributed by atoms with Crippen LogP contribution in [0.1, 0.15) is 41.0 Å². The van der Waals surface area contributed by atoms with Gasteiger partial charge in [0.2, 0.25) is 0 Å². The molecule has 0 spiro atoms. The molecule has 19 heavy (non-hydrogen) atoms. The van der Waals surface area contributed by atoms with Crippen LogP contribution in [0.15, 0.2) is 10.5 Å². The first-order chi connectivity index (χ1) is 9.06. The van der Waals surface area contributed by atoms with E-state index in [9.17, 15) is 0 Å². The first kappa shape index (κ1) is 13.9. The number of hydrogen-bond acceptors (Lipinski definition) is 3. The number of nitrogens with one attached hydrogen (secondary N) is 1. The Hall–Kier alpha value is -1.55. The van der Waals surface area contributed by atoms with Crippen LogP contribution in [-0.4, -0.2) is 16.8 Å². The van der Waals surface area contributed by atoms with E-state index in [1.165, 1.54) is 16.8 Å². The molecule has 0 amide bonds. The molecule has 2 aromatic rings.